The molecule has 0 bridgehead atoms. The summed E-state index contributed by atoms with van der Waals surface area (Å²) in [4.78, 5) is 16.5. The Morgan fingerprint density at radius 2 is 1.75 bits per heavy atom. The Bertz CT molecular complexity index is 942. The predicted molar refractivity (Wildman–Crippen MR) is 101 cm³/mol. The van der Waals surface area contributed by atoms with Crippen molar-refractivity contribution >= 4 is 11.9 Å². The van der Waals surface area contributed by atoms with Gasteiger partial charge in [0.1, 0.15) is 18.1 Å². The largest absolute Gasteiger partial charge is 0.487 e. The van der Waals surface area contributed by atoms with E-state index in [-0.39, 0.29) is 11.5 Å². The lowest BCUT2D eigenvalue weighted by atomic mass is 10.1. The molecule has 142 valence electrons. The highest BCUT2D eigenvalue weighted by atomic mass is 19.3. The van der Waals surface area contributed by atoms with E-state index in [0.29, 0.717) is 17.9 Å². The first-order chi connectivity index (χ1) is 13.6. The minimum atomic E-state index is -2.90. The third kappa shape index (κ3) is 5.48. The third-order valence-electron chi connectivity index (χ3n) is 3.80. The van der Waals surface area contributed by atoms with Gasteiger partial charge < -0.3 is 9.47 Å². The maximum atomic E-state index is 12.3. The fraction of sp³-hybridized carbons (Fsp3) is 0.0909. The Hall–Kier alpha value is -3.54. The van der Waals surface area contributed by atoms with Crippen molar-refractivity contribution in [3.63, 3.8) is 0 Å². The molecule has 0 fully saturated rings. The molecule has 4 nitrogen and oxygen atoms in total. The Morgan fingerprint density at radius 3 is 2.46 bits per heavy atom. The van der Waals surface area contributed by atoms with Gasteiger partial charge in [-0.25, -0.2) is 0 Å². The van der Waals surface area contributed by atoms with E-state index in [1.807, 2.05) is 42.5 Å². The number of pyridine rings is 1. The smallest absolute Gasteiger partial charge is 0.387 e. The van der Waals surface area contributed by atoms with Crippen LogP contribution in [0.15, 0.2) is 79.0 Å². The van der Waals surface area contributed by atoms with Crippen LogP contribution in [-0.4, -0.2) is 17.4 Å². The molecule has 3 aromatic rings. The molecule has 3 rings (SSSR count). The zero-order valence-electron chi connectivity index (χ0n) is 14.8. The van der Waals surface area contributed by atoms with Crippen LogP contribution in [0.1, 0.15) is 21.6 Å². The molecule has 0 aliphatic carbocycles. The van der Waals surface area contributed by atoms with E-state index in [2.05, 4.69) is 9.72 Å². The highest BCUT2D eigenvalue weighted by Gasteiger charge is 2.07. The number of rotatable bonds is 8. The van der Waals surface area contributed by atoms with Crippen LogP contribution in [0.25, 0.3) is 6.08 Å². The molecular weight excluding hydrogens is 364 g/mol. The molecule has 28 heavy (non-hydrogen) atoms. The summed E-state index contributed by atoms with van der Waals surface area (Å²) >= 11 is 0. The van der Waals surface area contributed by atoms with E-state index >= 15 is 0 Å². The molecule has 0 amide bonds. The lowest BCUT2D eigenvalue weighted by Crippen LogP contribution is -2.02. The van der Waals surface area contributed by atoms with Crippen molar-refractivity contribution in [2.45, 2.75) is 13.2 Å². The number of carbonyl (C=O) groups excluding carboxylic acids is 1. The number of ether oxygens (including phenoxy) is 2. The van der Waals surface area contributed by atoms with Gasteiger partial charge in [0.2, 0.25) is 0 Å². The van der Waals surface area contributed by atoms with Gasteiger partial charge in [0.25, 0.3) is 0 Å². The minimum Gasteiger partial charge on any atom is -0.487 e. The van der Waals surface area contributed by atoms with Crippen LogP contribution >= 0.6 is 0 Å². The van der Waals surface area contributed by atoms with E-state index in [9.17, 15) is 13.6 Å². The summed E-state index contributed by atoms with van der Waals surface area (Å²) < 4.78 is 34.4. The maximum Gasteiger partial charge on any atom is 0.387 e. The van der Waals surface area contributed by atoms with Gasteiger partial charge in [-0.2, -0.15) is 8.78 Å². The number of allylic oxidation sites excluding steroid dienone is 1. The number of hydrogen-bond acceptors (Lipinski definition) is 4. The molecule has 0 saturated heterocycles. The molecule has 0 aliphatic rings. The summed E-state index contributed by atoms with van der Waals surface area (Å²) in [5.74, 6) is 0.366. The molecule has 6 heteroatoms. The van der Waals surface area contributed by atoms with Gasteiger partial charge in [0, 0.05) is 17.3 Å². The van der Waals surface area contributed by atoms with Gasteiger partial charge in [-0.3, -0.25) is 9.78 Å². The second-order valence-corrected chi connectivity index (χ2v) is 5.75. The van der Waals surface area contributed by atoms with Crippen LogP contribution in [0, 0.1) is 0 Å². The van der Waals surface area contributed by atoms with Crippen LogP contribution in [0.5, 0.6) is 11.5 Å². The monoisotopic (exact) mass is 381 g/mol. The molecule has 0 aliphatic heterocycles. The highest BCUT2D eigenvalue weighted by Crippen LogP contribution is 2.21. The fourth-order valence-electron chi connectivity index (χ4n) is 2.45. The van der Waals surface area contributed by atoms with E-state index in [0.717, 1.165) is 11.3 Å². The quantitative estimate of drug-likeness (QED) is 0.400. The van der Waals surface area contributed by atoms with Crippen molar-refractivity contribution in [1.82, 2.24) is 4.98 Å². The second-order valence-electron chi connectivity index (χ2n) is 5.75. The summed E-state index contributed by atoms with van der Waals surface area (Å²) in [7, 11) is 0. The Kier molecular flexibility index (Phi) is 6.46. The molecule has 0 atom stereocenters. The van der Waals surface area contributed by atoms with Gasteiger partial charge in [0.15, 0.2) is 5.78 Å². The van der Waals surface area contributed by atoms with Crippen molar-refractivity contribution in [2.24, 2.45) is 0 Å². The summed E-state index contributed by atoms with van der Waals surface area (Å²) in [5, 5.41) is 0. The Morgan fingerprint density at radius 1 is 1.00 bits per heavy atom. The van der Waals surface area contributed by atoms with Gasteiger partial charge in [-0.15, -0.1) is 0 Å². The highest BCUT2D eigenvalue weighted by molar-refractivity contribution is 6.07. The zero-order chi connectivity index (χ0) is 19.8. The molecule has 0 spiro atoms. The van der Waals surface area contributed by atoms with Crippen LogP contribution in [0.2, 0.25) is 0 Å². The Balaban J connectivity index is 1.67. The number of carbonyl (C=O) groups is 1. The van der Waals surface area contributed by atoms with Crippen LogP contribution in [0.4, 0.5) is 8.78 Å². The molecule has 0 N–H and O–H groups in total. The number of alkyl halides is 2. The number of ketones is 1. The number of hydrogen-bond donors (Lipinski definition) is 0. The number of benzene rings is 2. The standard InChI is InChI=1S/C22H17F2NO3/c23-22(24)28-19-11-8-16(9-12-19)20(26)13-10-17-5-1-2-7-21(17)27-15-18-6-3-4-14-25-18/h1-14,22H,15H2/b13-10+. The van der Waals surface area contributed by atoms with Gasteiger partial charge in [0.05, 0.1) is 5.69 Å². The molecule has 0 unspecified atom stereocenters. The van der Waals surface area contributed by atoms with E-state index in [1.54, 1.807) is 12.3 Å². The fourth-order valence-corrected chi connectivity index (χ4v) is 2.45. The number of nitrogens with zero attached hydrogens (tertiary/aromatic N) is 1. The van der Waals surface area contributed by atoms with E-state index in [1.165, 1.54) is 30.3 Å². The van der Waals surface area contributed by atoms with Gasteiger partial charge in [-0.05, 0) is 54.6 Å². The summed E-state index contributed by atoms with van der Waals surface area (Å²) in [6.07, 6.45) is 4.76. The number of aromatic nitrogens is 1. The summed E-state index contributed by atoms with van der Waals surface area (Å²) in [5.41, 5.74) is 1.90. The van der Waals surface area contributed by atoms with E-state index in [4.69, 9.17) is 4.74 Å². The number of halogens is 2. The first-order valence-corrected chi connectivity index (χ1v) is 8.51. The molecule has 1 heterocycles. The van der Waals surface area contributed by atoms with Crippen LogP contribution in [-0.2, 0) is 6.61 Å². The average Bonchev–Trinajstić information content (AvgIpc) is 2.72. The predicted octanol–water partition coefficient (Wildman–Crippen LogP) is 5.16. The van der Waals surface area contributed by atoms with Crippen LogP contribution < -0.4 is 9.47 Å². The molecule has 0 saturated carbocycles. The average molecular weight is 381 g/mol. The van der Waals surface area contributed by atoms with Crippen molar-refractivity contribution < 1.29 is 23.0 Å². The maximum absolute atomic E-state index is 12.3. The van der Waals surface area contributed by atoms with Crippen molar-refractivity contribution in [3.8, 4) is 11.5 Å². The second kappa shape index (κ2) is 9.41. The molecule has 0 radical (unpaired) electrons. The van der Waals surface area contributed by atoms with Gasteiger partial charge >= 0.3 is 6.61 Å². The number of para-hydroxylation sites is 1. The summed E-state index contributed by atoms with van der Waals surface area (Å²) in [6.45, 7) is -2.59. The SMILES string of the molecule is O=C(/C=C/c1ccccc1OCc1ccccn1)c1ccc(OC(F)F)cc1. The topological polar surface area (TPSA) is 48.4 Å². The lowest BCUT2D eigenvalue weighted by Gasteiger charge is -2.08. The molecule has 1 aromatic heterocycles. The Labute approximate surface area is 161 Å². The molecule has 2 aromatic carbocycles. The van der Waals surface area contributed by atoms with Crippen LogP contribution in [0.3, 0.4) is 0 Å². The normalized spacial score (nSPS) is 11.0. The molecular formula is C22H17F2NO3. The van der Waals surface area contributed by atoms with Crippen molar-refractivity contribution in [3.05, 3.63) is 95.8 Å². The van der Waals surface area contributed by atoms with E-state index < -0.39 is 6.61 Å². The summed E-state index contributed by atoms with van der Waals surface area (Å²) in [6, 6.07) is 18.4. The first kappa shape index (κ1) is 19.2. The first-order valence-electron chi connectivity index (χ1n) is 8.51. The minimum absolute atomic E-state index is 0.00352. The third-order valence-corrected chi connectivity index (χ3v) is 3.80. The lowest BCUT2D eigenvalue weighted by molar-refractivity contribution is -0.0498. The van der Waals surface area contributed by atoms with Crippen molar-refractivity contribution in [2.75, 3.05) is 0 Å². The van der Waals surface area contributed by atoms with Gasteiger partial charge in [-0.1, -0.05) is 24.3 Å². The van der Waals surface area contributed by atoms with Crippen molar-refractivity contribution in [1.29, 1.82) is 0 Å². The zero-order valence-corrected chi connectivity index (χ0v) is 14.8.